The molecule has 116 valence electrons. The van der Waals surface area contributed by atoms with Crippen molar-refractivity contribution in [3.8, 4) is 0 Å². The van der Waals surface area contributed by atoms with E-state index in [9.17, 15) is 24.5 Å². The summed E-state index contributed by atoms with van der Waals surface area (Å²) in [6, 6.07) is 3.39. The first kappa shape index (κ1) is 15.6. The van der Waals surface area contributed by atoms with Gasteiger partial charge in [-0.1, -0.05) is 6.92 Å². The van der Waals surface area contributed by atoms with E-state index in [1.54, 1.807) is 0 Å². The average molecular weight is 305 g/mol. The molecule has 1 unspecified atom stereocenters. The van der Waals surface area contributed by atoms with Crippen LogP contribution in [0.4, 0.5) is 5.69 Å². The van der Waals surface area contributed by atoms with Gasteiger partial charge in [-0.25, -0.2) is 0 Å². The Morgan fingerprint density at radius 2 is 1.95 bits per heavy atom. The molecule has 1 N–H and O–H groups in total. The topological polar surface area (TPSA) is 110 Å². The van der Waals surface area contributed by atoms with Gasteiger partial charge in [0.2, 0.25) is 5.91 Å². The van der Waals surface area contributed by atoms with Crippen molar-refractivity contribution >= 4 is 23.4 Å². The van der Waals surface area contributed by atoms with E-state index in [0.29, 0.717) is 0 Å². The quantitative estimate of drug-likeness (QED) is 0.497. The van der Waals surface area contributed by atoms with E-state index in [2.05, 4.69) is 5.32 Å². The second kappa shape index (κ2) is 5.92. The predicted molar refractivity (Wildman–Crippen MR) is 76.4 cm³/mol. The van der Waals surface area contributed by atoms with Crippen molar-refractivity contribution in [2.45, 2.75) is 26.3 Å². The number of carbonyl (C=O) groups excluding carboxylic acids is 3. The largest absolute Gasteiger partial charge is 0.352 e. The van der Waals surface area contributed by atoms with Crippen LogP contribution in [-0.2, 0) is 4.79 Å². The summed E-state index contributed by atoms with van der Waals surface area (Å²) in [6.45, 7) is 3.31. The van der Waals surface area contributed by atoms with Crippen molar-refractivity contribution in [2.24, 2.45) is 0 Å². The first-order valence-corrected chi connectivity index (χ1v) is 6.79. The molecule has 1 aliphatic heterocycles. The third-order valence-corrected chi connectivity index (χ3v) is 3.49. The summed E-state index contributed by atoms with van der Waals surface area (Å²) in [7, 11) is 0. The van der Waals surface area contributed by atoms with Crippen LogP contribution < -0.4 is 5.32 Å². The lowest BCUT2D eigenvalue weighted by Crippen LogP contribution is -2.43. The standard InChI is InChI=1S/C14H15N3O5/c1-3-8(2)15-12(18)7-16-13(19)10-5-4-9(17(21)22)6-11(10)14(16)20/h4-6,8H,3,7H2,1-2H3,(H,15,18). The lowest BCUT2D eigenvalue weighted by molar-refractivity contribution is -0.384. The minimum absolute atomic E-state index is 0.0458. The van der Waals surface area contributed by atoms with Crippen LogP contribution in [-0.4, -0.2) is 40.1 Å². The predicted octanol–water partition coefficient (Wildman–Crippen LogP) is 1.11. The van der Waals surface area contributed by atoms with Crippen LogP contribution in [0.15, 0.2) is 18.2 Å². The van der Waals surface area contributed by atoms with E-state index in [0.717, 1.165) is 23.5 Å². The summed E-state index contributed by atoms with van der Waals surface area (Å²) >= 11 is 0. The molecular weight excluding hydrogens is 290 g/mol. The van der Waals surface area contributed by atoms with Crippen LogP contribution in [0.5, 0.6) is 0 Å². The Hall–Kier alpha value is -2.77. The Balaban J connectivity index is 2.20. The van der Waals surface area contributed by atoms with Crippen LogP contribution in [0.1, 0.15) is 41.0 Å². The second-order valence-corrected chi connectivity index (χ2v) is 5.06. The maximum atomic E-state index is 12.2. The van der Waals surface area contributed by atoms with Crippen molar-refractivity contribution in [1.82, 2.24) is 10.2 Å². The van der Waals surface area contributed by atoms with E-state index in [-0.39, 0.29) is 22.9 Å². The number of carbonyl (C=O) groups is 3. The Bertz CT molecular complexity index is 670. The van der Waals surface area contributed by atoms with E-state index in [1.807, 2.05) is 13.8 Å². The third-order valence-electron chi connectivity index (χ3n) is 3.49. The molecule has 8 heteroatoms. The molecule has 0 radical (unpaired) electrons. The van der Waals surface area contributed by atoms with Gasteiger partial charge in [0.25, 0.3) is 17.5 Å². The number of hydrogen-bond donors (Lipinski definition) is 1. The molecule has 1 aromatic rings. The highest BCUT2D eigenvalue weighted by Crippen LogP contribution is 2.26. The maximum Gasteiger partial charge on any atom is 0.270 e. The lowest BCUT2D eigenvalue weighted by Gasteiger charge is -2.16. The van der Waals surface area contributed by atoms with Gasteiger partial charge in [-0.3, -0.25) is 29.4 Å². The SMILES string of the molecule is CCC(C)NC(=O)CN1C(=O)c2ccc([N+](=O)[O-])cc2C1=O. The highest BCUT2D eigenvalue weighted by Gasteiger charge is 2.37. The monoisotopic (exact) mass is 305 g/mol. The first-order chi connectivity index (χ1) is 10.3. The summed E-state index contributed by atoms with van der Waals surface area (Å²) < 4.78 is 0. The molecule has 1 heterocycles. The lowest BCUT2D eigenvalue weighted by atomic mass is 10.1. The number of nitrogens with one attached hydrogen (secondary N) is 1. The van der Waals surface area contributed by atoms with E-state index >= 15 is 0 Å². The van der Waals surface area contributed by atoms with Gasteiger partial charge >= 0.3 is 0 Å². The molecule has 0 spiro atoms. The number of benzene rings is 1. The fourth-order valence-electron chi connectivity index (χ4n) is 2.10. The molecule has 0 saturated heterocycles. The van der Waals surface area contributed by atoms with E-state index < -0.39 is 29.2 Å². The minimum atomic E-state index is -0.692. The molecule has 22 heavy (non-hydrogen) atoms. The Morgan fingerprint density at radius 3 is 2.55 bits per heavy atom. The van der Waals surface area contributed by atoms with Crippen molar-refractivity contribution in [1.29, 1.82) is 0 Å². The Kier molecular flexibility index (Phi) is 4.20. The van der Waals surface area contributed by atoms with Crippen molar-refractivity contribution < 1.29 is 19.3 Å². The van der Waals surface area contributed by atoms with Gasteiger partial charge in [-0.2, -0.15) is 0 Å². The minimum Gasteiger partial charge on any atom is -0.352 e. The van der Waals surface area contributed by atoms with Crippen LogP contribution in [0.25, 0.3) is 0 Å². The zero-order valence-corrected chi connectivity index (χ0v) is 12.2. The molecular formula is C14H15N3O5. The van der Waals surface area contributed by atoms with Crippen LogP contribution >= 0.6 is 0 Å². The zero-order chi connectivity index (χ0) is 16.4. The first-order valence-electron chi connectivity index (χ1n) is 6.79. The molecule has 3 amide bonds. The molecule has 8 nitrogen and oxygen atoms in total. The summed E-state index contributed by atoms with van der Waals surface area (Å²) in [5.74, 6) is -1.75. The fourth-order valence-corrected chi connectivity index (χ4v) is 2.10. The van der Waals surface area contributed by atoms with Gasteiger partial charge in [0, 0.05) is 18.2 Å². The molecule has 1 aromatic carbocycles. The van der Waals surface area contributed by atoms with Gasteiger partial charge in [0.15, 0.2) is 0 Å². The molecule has 0 aromatic heterocycles. The maximum absolute atomic E-state index is 12.2. The molecule has 0 saturated carbocycles. The zero-order valence-electron chi connectivity index (χ0n) is 12.2. The highest BCUT2D eigenvalue weighted by atomic mass is 16.6. The van der Waals surface area contributed by atoms with E-state index in [4.69, 9.17) is 0 Å². The highest BCUT2D eigenvalue weighted by molar-refractivity contribution is 6.22. The van der Waals surface area contributed by atoms with Gasteiger partial charge in [0.1, 0.15) is 6.54 Å². The number of rotatable bonds is 5. The number of non-ortho nitro benzene ring substituents is 1. The average Bonchev–Trinajstić information content (AvgIpc) is 2.71. The molecule has 0 bridgehead atoms. The van der Waals surface area contributed by atoms with Crippen molar-refractivity contribution in [3.05, 3.63) is 39.4 Å². The van der Waals surface area contributed by atoms with Gasteiger partial charge < -0.3 is 5.32 Å². The Labute approximate surface area is 126 Å². The van der Waals surface area contributed by atoms with Gasteiger partial charge in [0.05, 0.1) is 16.1 Å². The van der Waals surface area contributed by atoms with Crippen LogP contribution in [0, 0.1) is 10.1 Å². The number of nitro benzene ring substituents is 1. The van der Waals surface area contributed by atoms with E-state index in [1.165, 1.54) is 6.07 Å². The molecule has 1 atom stereocenters. The summed E-state index contributed by atoms with van der Waals surface area (Å²) in [5, 5.41) is 13.4. The molecule has 0 fully saturated rings. The number of nitro groups is 1. The molecule has 0 aliphatic carbocycles. The number of amides is 3. The third kappa shape index (κ3) is 2.80. The summed E-state index contributed by atoms with van der Waals surface area (Å²) in [6.07, 6.45) is 0.722. The molecule has 2 rings (SSSR count). The normalized spacial score (nSPS) is 14.7. The second-order valence-electron chi connectivity index (χ2n) is 5.06. The number of hydrogen-bond acceptors (Lipinski definition) is 5. The van der Waals surface area contributed by atoms with Gasteiger partial charge in [-0.05, 0) is 19.4 Å². The smallest absolute Gasteiger partial charge is 0.270 e. The Morgan fingerprint density at radius 1 is 1.32 bits per heavy atom. The number of fused-ring (bicyclic) bond motifs is 1. The number of nitrogens with zero attached hydrogens (tertiary/aromatic N) is 2. The van der Waals surface area contributed by atoms with Crippen LogP contribution in [0.2, 0.25) is 0 Å². The molecule has 1 aliphatic rings. The van der Waals surface area contributed by atoms with Crippen molar-refractivity contribution in [2.75, 3.05) is 6.54 Å². The van der Waals surface area contributed by atoms with Crippen LogP contribution in [0.3, 0.4) is 0 Å². The summed E-state index contributed by atoms with van der Waals surface area (Å²) in [4.78, 5) is 47.0. The number of imide groups is 1. The fraction of sp³-hybridized carbons (Fsp3) is 0.357. The van der Waals surface area contributed by atoms with Crippen molar-refractivity contribution in [3.63, 3.8) is 0 Å². The summed E-state index contributed by atoms with van der Waals surface area (Å²) in [5.41, 5.74) is -0.242. The van der Waals surface area contributed by atoms with Gasteiger partial charge in [-0.15, -0.1) is 0 Å².